The Kier molecular flexibility index (Phi) is 5.47. The molecule has 1 atom stereocenters. The summed E-state index contributed by atoms with van der Waals surface area (Å²) in [5, 5.41) is 2.14. The van der Waals surface area contributed by atoms with Gasteiger partial charge in [0.2, 0.25) is 0 Å². The highest BCUT2D eigenvalue weighted by atomic mass is 19.1. The van der Waals surface area contributed by atoms with Crippen molar-refractivity contribution in [2.75, 3.05) is 12.4 Å². The highest BCUT2D eigenvalue weighted by Gasteiger charge is 2.19. The third-order valence-corrected chi connectivity index (χ3v) is 3.15. The predicted octanol–water partition coefficient (Wildman–Crippen LogP) is 3.16. The molecule has 0 aromatic heterocycles. The first kappa shape index (κ1) is 17.4. The monoisotopic (exact) mass is 335 g/mol. The third kappa shape index (κ3) is 4.07. The molecule has 2 aromatic rings. The molecular formula is C17H15F2NO4. The number of halogens is 2. The van der Waals surface area contributed by atoms with Crippen LogP contribution in [0.25, 0.3) is 0 Å². The molecule has 0 bridgehead atoms. The number of benzene rings is 2. The van der Waals surface area contributed by atoms with E-state index in [1.165, 1.54) is 32.2 Å². The third-order valence-electron chi connectivity index (χ3n) is 3.15. The highest BCUT2D eigenvalue weighted by molar-refractivity contribution is 5.94. The van der Waals surface area contributed by atoms with Gasteiger partial charge in [-0.05, 0) is 37.3 Å². The van der Waals surface area contributed by atoms with E-state index < -0.39 is 35.3 Å². The zero-order valence-electron chi connectivity index (χ0n) is 13.0. The second kappa shape index (κ2) is 7.54. The number of para-hydroxylation sites is 1. The number of nitrogens with one attached hydrogen (secondary N) is 1. The smallest absolute Gasteiger partial charge is 0.337 e. The number of amides is 1. The summed E-state index contributed by atoms with van der Waals surface area (Å²) in [5.74, 6) is -2.81. The Hall–Kier alpha value is -2.96. The molecule has 0 saturated heterocycles. The van der Waals surface area contributed by atoms with Crippen molar-refractivity contribution >= 4 is 17.6 Å². The first-order valence-corrected chi connectivity index (χ1v) is 7.02. The largest absolute Gasteiger partial charge is 0.481 e. The minimum atomic E-state index is -1.04. The molecule has 0 saturated carbocycles. The maximum Gasteiger partial charge on any atom is 0.337 e. The molecule has 1 amide bonds. The lowest BCUT2D eigenvalue weighted by molar-refractivity contribution is -0.122. The van der Waals surface area contributed by atoms with E-state index in [0.29, 0.717) is 0 Å². The zero-order valence-corrected chi connectivity index (χ0v) is 13.0. The van der Waals surface area contributed by atoms with E-state index in [-0.39, 0.29) is 11.3 Å². The topological polar surface area (TPSA) is 64.6 Å². The molecule has 0 spiro atoms. The van der Waals surface area contributed by atoms with Crippen LogP contribution in [0.5, 0.6) is 5.75 Å². The van der Waals surface area contributed by atoms with Crippen LogP contribution in [0.1, 0.15) is 17.3 Å². The highest BCUT2D eigenvalue weighted by Crippen LogP contribution is 2.20. The van der Waals surface area contributed by atoms with Crippen molar-refractivity contribution in [3.63, 3.8) is 0 Å². The molecular weight excluding hydrogens is 320 g/mol. The van der Waals surface area contributed by atoms with Gasteiger partial charge in [0.1, 0.15) is 23.1 Å². The Morgan fingerprint density at radius 3 is 2.33 bits per heavy atom. The number of anilines is 1. The summed E-state index contributed by atoms with van der Waals surface area (Å²) in [6.07, 6.45) is -1.04. The van der Waals surface area contributed by atoms with E-state index in [1.54, 1.807) is 12.1 Å². The summed E-state index contributed by atoms with van der Waals surface area (Å²) in [4.78, 5) is 23.5. The van der Waals surface area contributed by atoms with E-state index in [2.05, 4.69) is 10.1 Å². The lowest BCUT2D eigenvalue weighted by Crippen LogP contribution is -2.30. The van der Waals surface area contributed by atoms with Crippen molar-refractivity contribution in [2.24, 2.45) is 0 Å². The SMILES string of the molecule is COC(=O)c1cccc(O[C@H](C)C(=O)Nc2c(F)cccc2F)c1. The van der Waals surface area contributed by atoms with Crippen LogP contribution in [0.3, 0.4) is 0 Å². The van der Waals surface area contributed by atoms with Gasteiger partial charge in [-0.25, -0.2) is 13.6 Å². The minimum absolute atomic E-state index is 0.245. The van der Waals surface area contributed by atoms with Crippen LogP contribution in [0.4, 0.5) is 14.5 Å². The van der Waals surface area contributed by atoms with Gasteiger partial charge in [-0.3, -0.25) is 4.79 Å². The Morgan fingerprint density at radius 2 is 1.71 bits per heavy atom. The number of hydrogen-bond donors (Lipinski definition) is 1. The zero-order chi connectivity index (χ0) is 17.7. The lowest BCUT2D eigenvalue weighted by atomic mass is 10.2. The molecule has 0 radical (unpaired) electrons. The second-order valence-electron chi connectivity index (χ2n) is 4.87. The molecule has 0 heterocycles. The van der Waals surface area contributed by atoms with Crippen molar-refractivity contribution in [1.29, 1.82) is 0 Å². The van der Waals surface area contributed by atoms with Gasteiger partial charge < -0.3 is 14.8 Å². The molecule has 24 heavy (non-hydrogen) atoms. The van der Waals surface area contributed by atoms with Gasteiger partial charge in [0, 0.05) is 0 Å². The number of hydrogen-bond acceptors (Lipinski definition) is 4. The van der Waals surface area contributed by atoms with E-state index in [1.807, 2.05) is 0 Å². The molecule has 2 rings (SSSR count). The van der Waals surface area contributed by atoms with Gasteiger partial charge >= 0.3 is 5.97 Å². The summed E-state index contributed by atoms with van der Waals surface area (Å²) in [7, 11) is 1.24. The molecule has 0 aliphatic rings. The minimum Gasteiger partial charge on any atom is -0.481 e. The molecule has 126 valence electrons. The average Bonchev–Trinajstić information content (AvgIpc) is 2.57. The maximum atomic E-state index is 13.5. The van der Waals surface area contributed by atoms with Crippen LogP contribution in [0, 0.1) is 11.6 Å². The first-order chi connectivity index (χ1) is 11.4. The average molecular weight is 335 g/mol. The summed E-state index contributed by atoms with van der Waals surface area (Å²) in [6, 6.07) is 9.28. The number of esters is 1. The molecule has 0 aliphatic heterocycles. The number of rotatable bonds is 5. The van der Waals surface area contributed by atoms with Gasteiger partial charge in [-0.15, -0.1) is 0 Å². The summed E-state index contributed by atoms with van der Waals surface area (Å²) < 4.78 is 37.1. The summed E-state index contributed by atoms with van der Waals surface area (Å²) >= 11 is 0. The van der Waals surface area contributed by atoms with Gasteiger partial charge in [-0.1, -0.05) is 12.1 Å². The van der Waals surface area contributed by atoms with E-state index in [0.717, 1.165) is 12.1 Å². The van der Waals surface area contributed by atoms with Crippen molar-refractivity contribution in [3.8, 4) is 5.75 Å². The van der Waals surface area contributed by atoms with Gasteiger partial charge in [0.25, 0.3) is 5.91 Å². The van der Waals surface area contributed by atoms with E-state index in [9.17, 15) is 18.4 Å². The van der Waals surface area contributed by atoms with Gasteiger partial charge in [-0.2, -0.15) is 0 Å². The predicted molar refractivity (Wildman–Crippen MR) is 82.9 cm³/mol. The normalized spacial score (nSPS) is 11.5. The fraction of sp³-hybridized carbons (Fsp3) is 0.176. The fourth-order valence-corrected chi connectivity index (χ4v) is 1.91. The molecule has 0 aliphatic carbocycles. The first-order valence-electron chi connectivity index (χ1n) is 7.02. The Labute approximate surface area is 137 Å². The quantitative estimate of drug-likeness (QED) is 0.853. The molecule has 7 heteroatoms. The van der Waals surface area contributed by atoms with Crippen LogP contribution >= 0.6 is 0 Å². The van der Waals surface area contributed by atoms with Gasteiger partial charge in [0.05, 0.1) is 12.7 Å². The molecule has 5 nitrogen and oxygen atoms in total. The van der Waals surface area contributed by atoms with E-state index in [4.69, 9.17) is 4.74 Å². The number of carbonyl (C=O) groups excluding carboxylic acids is 2. The fourth-order valence-electron chi connectivity index (χ4n) is 1.91. The summed E-state index contributed by atoms with van der Waals surface area (Å²) in [6.45, 7) is 1.42. The van der Waals surface area contributed by atoms with Crippen LogP contribution in [-0.4, -0.2) is 25.1 Å². The molecule has 0 unspecified atom stereocenters. The number of ether oxygens (including phenoxy) is 2. The van der Waals surface area contributed by atoms with Crippen molar-refractivity contribution in [1.82, 2.24) is 0 Å². The Bertz CT molecular complexity index is 744. The maximum absolute atomic E-state index is 13.5. The van der Waals surface area contributed by atoms with Crippen molar-refractivity contribution in [3.05, 3.63) is 59.7 Å². The molecule has 0 fully saturated rings. The second-order valence-corrected chi connectivity index (χ2v) is 4.87. The van der Waals surface area contributed by atoms with Crippen LogP contribution in [0.2, 0.25) is 0 Å². The number of carbonyl (C=O) groups is 2. The van der Waals surface area contributed by atoms with Crippen LogP contribution in [-0.2, 0) is 9.53 Å². The standard InChI is InChI=1S/C17H15F2NO4/c1-10(16(21)20-15-13(18)7-4-8-14(15)19)24-12-6-3-5-11(9-12)17(22)23-2/h3-10H,1-2H3,(H,20,21)/t10-/m1/s1. The number of methoxy groups -OCH3 is 1. The van der Waals surface area contributed by atoms with Crippen molar-refractivity contribution in [2.45, 2.75) is 13.0 Å². The van der Waals surface area contributed by atoms with Crippen LogP contribution in [0.15, 0.2) is 42.5 Å². The molecule has 1 N–H and O–H groups in total. The van der Waals surface area contributed by atoms with Gasteiger partial charge in [0.15, 0.2) is 6.10 Å². The van der Waals surface area contributed by atoms with Crippen LogP contribution < -0.4 is 10.1 Å². The molecule has 2 aromatic carbocycles. The van der Waals surface area contributed by atoms with E-state index >= 15 is 0 Å². The lowest BCUT2D eigenvalue weighted by Gasteiger charge is -2.15. The Morgan fingerprint density at radius 1 is 1.08 bits per heavy atom. The van der Waals surface area contributed by atoms with Crippen molar-refractivity contribution < 1.29 is 27.8 Å². The summed E-state index contributed by atoms with van der Waals surface area (Å²) in [5.41, 5.74) is -0.288. The Balaban J connectivity index is 2.08.